The van der Waals surface area contributed by atoms with Crippen molar-refractivity contribution >= 4 is 5.91 Å². The van der Waals surface area contributed by atoms with Gasteiger partial charge in [-0.15, -0.1) is 0 Å². The summed E-state index contributed by atoms with van der Waals surface area (Å²) in [6.07, 6.45) is 4.76. The van der Waals surface area contributed by atoms with E-state index in [2.05, 4.69) is 15.5 Å². The highest BCUT2D eigenvalue weighted by Crippen LogP contribution is 2.32. The van der Waals surface area contributed by atoms with Gasteiger partial charge in [-0.05, 0) is 25.5 Å². The Hall–Kier alpha value is -2.21. The monoisotopic (exact) mass is 328 g/mol. The van der Waals surface area contributed by atoms with Gasteiger partial charge in [0, 0.05) is 12.5 Å². The molecule has 0 aliphatic heterocycles. The van der Waals surface area contributed by atoms with Crippen molar-refractivity contribution in [3.63, 3.8) is 0 Å². The maximum absolute atomic E-state index is 12.0. The van der Waals surface area contributed by atoms with Crippen LogP contribution in [0, 0.1) is 0 Å². The van der Waals surface area contributed by atoms with Gasteiger partial charge < -0.3 is 9.84 Å². The standard InChI is InChI=1S/C18H24N4O2/c1-22(13-17(23)19-11-14-7-3-2-4-8-14)12-16-20-18(24-21-16)15-9-5-6-10-15/h2-4,7-8,15H,5-6,9-13H2,1H3,(H,19,23). The lowest BCUT2D eigenvalue weighted by molar-refractivity contribution is -0.122. The van der Waals surface area contributed by atoms with Gasteiger partial charge >= 0.3 is 0 Å². The van der Waals surface area contributed by atoms with Crippen molar-refractivity contribution in [1.82, 2.24) is 20.4 Å². The first-order valence-electron chi connectivity index (χ1n) is 8.52. The van der Waals surface area contributed by atoms with Gasteiger partial charge in [0.2, 0.25) is 11.8 Å². The number of rotatable bonds is 7. The van der Waals surface area contributed by atoms with Gasteiger partial charge in [0.15, 0.2) is 5.82 Å². The topological polar surface area (TPSA) is 71.3 Å². The molecule has 1 fully saturated rings. The van der Waals surface area contributed by atoms with Gasteiger partial charge in [-0.1, -0.05) is 48.3 Å². The molecule has 0 radical (unpaired) electrons. The molecule has 0 atom stereocenters. The summed E-state index contributed by atoms with van der Waals surface area (Å²) in [6.45, 7) is 1.36. The second-order valence-corrected chi connectivity index (χ2v) is 6.46. The summed E-state index contributed by atoms with van der Waals surface area (Å²) in [5, 5.41) is 6.96. The molecule has 0 saturated heterocycles. The van der Waals surface area contributed by atoms with Crippen LogP contribution in [0.1, 0.15) is 48.9 Å². The Kier molecular flexibility index (Phi) is 5.59. The third-order valence-corrected chi connectivity index (χ3v) is 4.35. The Morgan fingerprint density at radius 2 is 2.04 bits per heavy atom. The summed E-state index contributed by atoms with van der Waals surface area (Å²) >= 11 is 0. The van der Waals surface area contributed by atoms with Crippen molar-refractivity contribution < 1.29 is 9.32 Å². The summed E-state index contributed by atoms with van der Waals surface area (Å²) in [5.74, 6) is 1.81. The molecular formula is C18H24N4O2. The van der Waals surface area contributed by atoms with Crippen LogP contribution in [0.4, 0.5) is 0 Å². The van der Waals surface area contributed by atoms with E-state index in [0.717, 1.165) is 24.3 Å². The van der Waals surface area contributed by atoms with E-state index in [0.29, 0.717) is 31.4 Å². The van der Waals surface area contributed by atoms with Crippen LogP contribution in [0.15, 0.2) is 34.9 Å². The van der Waals surface area contributed by atoms with Crippen molar-refractivity contribution in [2.75, 3.05) is 13.6 Å². The molecule has 24 heavy (non-hydrogen) atoms. The zero-order valence-electron chi connectivity index (χ0n) is 14.1. The van der Waals surface area contributed by atoms with Crippen molar-refractivity contribution in [3.05, 3.63) is 47.6 Å². The Labute approximate surface area is 142 Å². The molecule has 6 heteroatoms. The van der Waals surface area contributed by atoms with Gasteiger partial charge in [0.1, 0.15) is 0 Å². The number of hydrogen-bond acceptors (Lipinski definition) is 5. The molecule has 1 aromatic heterocycles. The highest BCUT2D eigenvalue weighted by molar-refractivity contribution is 5.77. The van der Waals surface area contributed by atoms with Crippen LogP contribution in [-0.4, -0.2) is 34.5 Å². The first-order chi connectivity index (χ1) is 11.7. The smallest absolute Gasteiger partial charge is 0.234 e. The lowest BCUT2D eigenvalue weighted by Gasteiger charge is -2.14. The quantitative estimate of drug-likeness (QED) is 0.845. The van der Waals surface area contributed by atoms with Crippen molar-refractivity contribution in [2.24, 2.45) is 0 Å². The summed E-state index contributed by atoms with van der Waals surface area (Å²) in [7, 11) is 1.88. The van der Waals surface area contributed by atoms with Gasteiger partial charge in [-0.2, -0.15) is 4.98 Å². The van der Waals surface area contributed by atoms with Gasteiger partial charge in [-0.25, -0.2) is 0 Å². The summed E-state index contributed by atoms with van der Waals surface area (Å²) in [5.41, 5.74) is 1.09. The fourth-order valence-electron chi connectivity index (χ4n) is 3.07. The van der Waals surface area contributed by atoms with Crippen LogP contribution in [0.5, 0.6) is 0 Å². The lowest BCUT2D eigenvalue weighted by Crippen LogP contribution is -2.34. The van der Waals surface area contributed by atoms with E-state index in [9.17, 15) is 4.79 Å². The number of nitrogens with one attached hydrogen (secondary N) is 1. The number of carbonyl (C=O) groups is 1. The first kappa shape index (κ1) is 16.6. The predicted molar refractivity (Wildman–Crippen MR) is 90.1 cm³/mol. The third-order valence-electron chi connectivity index (χ3n) is 4.35. The highest BCUT2D eigenvalue weighted by Gasteiger charge is 2.23. The molecule has 2 aromatic rings. The van der Waals surface area contributed by atoms with E-state index < -0.39 is 0 Å². The largest absolute Gasteiger partial charge is 0.351 e. The molecule has 3 rings (SSSR count). The number of nitrogens with zero attached hydrogens (tertiary/aromatic N) is 3. The number of hydrogen-bond donors (Lipinski definition) is 1. The SMILES string of the molecule is CN(CC(=O)NCc1ccccc1)Cc1noc(C2CCCC2)n1. The van der Waals surface area contributed by atoms with E-state index in [1.165, 1.54) is 12.8 Å². The number of carbonyl (C=O) groups excluding carboxylic acids is 1. The fourth-order valence-corrected chi connectivity index (χ4v) is 3.07. The van der Waals surface area contributed by atoms with E-state index in [4.69, 9.17) is 4.52 Å². The maximum atomic E-state index is 12.0. The van der Waals surface area contributed by atoms with E-state index in [-0.39, 0.29) is 5.91 Å². The zero-order chi connectivity index (χ0) is 16.8. The number of benzene rings is 1. The summed E-state index contributed by atoms with van der Waals surface area (Å²) in [6, 6.07) is 9.88. The molecule has 1 heterocycles. The van der Waals surface area contributed by atoms with Crippen molar-refractivity contribution in [1.29, 1.82) is 0 Å². The van der Waals surface area contributed by atoms with Crippen LogP contribution >= 0.6 is 0 Å². The van der Waals surface area contributed by atoms with Crippen LogP contribution < -0.4 is 5.32 Å². The molecular weight excluding hydrogens is 304 g/mol. The normalized spacial score (nSPS) is 15.1. The minimum atomic E-state index is -0.0131. The van der Waals surface area contributed by atoms with Crippen LogP contribution in [0.2, 0.25) is 0 Å². The average molecular weight is 328 g/mol. The maximum Gasteiger partial charge on any atom is 0.234 e. The average Bonchev–Trinajstić information content (AvgIpc) is 3.25. The highest BCUT2D eigenvalue weighted by atomic mass is 16.5. The van der Waals surface area contributed by atoms with Crippen molar-refractivity contribution in [3.8, 4) is 0 Å². The van der Waals surface area contributed by atoms with E-state index >= 15 is 0 Å². The molecule has 128 valence electrons. The number of aromatic nitrogens is 2. The Balaban J connectivity index is 1.43. The van der Waals surface area contributed by atoms with Crippen LogP contribution in [-0.2, 0) is 17.9 Å². The van der Waals surface area contributed by atoms with Crippen molar-refractivity contribution in [2.45, 2.75) is 44.7 Å². The zero-order valence-corrected chi connectivity index (χ0v) is 14.1. The number of likely N-dealkylation sites (N-methyl/N-ethyl adjacent to an activating group) is 1. The molecule has 1 N–H and O–H groups in total. The molecule has 1 saturated carbocycles. The molecule has 1 aliphatic rings. The first-order valence-corrected chi connectivity index (χ1v) is 8.52. The Bertz CT molecular complexity index is 650. The molecule has 6 nitrogen and oxygen atoms in total. The summed E-state index contributed by atoms with van der Waals surface area (Å²) in [4.78, 5) is 18.4. The third kappa shape index (κ3) is 4.64. The van der Waals surface area contributed by atoms with Crippen LogP contribution in [0.3, 0.4) is 0 Å². The molecule has 0 spiro atoms. The van der Waals surface area contributed by atoms with E-state index in [1.54, 1.807) is 0 Å². The Morgan fingerprint density at radius 3 is 2.79 bits per heavy atom. The van der Waals surface area contributed by atoms with Gasteiger partial charge in [0.05, 0.1) is 13.1 Å². The molecule has 0 bridgehead atoms. The minimum absolute atomic E-state index is 0.0131. The Morgan fingerprint density at radius 1 is 1.29 bits per heavy atom. The molecule has 1 aromatic carbocycles. The minimum Gasteiger partial charge on any atom is -0.351 e. The predicted octanol–water partition coefficient (Wildman–Crippen LogP) is 2.48. The van der Waals surface area contributed by atoms with Crippen LogP contribution in [0.25, 0.3) is 0 Å². The molecule has 1 amide bonds. The second kappa shape index (κ2) is 8.06. The van der Waals surface area contributed by atoms with E-state index in [1.807, 2.05) is 42.3 Å². The second-order valence-electron chi connectivity index (χ2n) is 6.46. The lowest BCUT2D eigenvalue weighted by atomic mass is 10.1. The fraction of sp³-hybridized carbons (Fsp3) is 0.500. The summed E-state index contributed by atoms with van der Waals surface area (Å²) < 4.78 is 5.37. The van der Waals surface area contributed by atoms with Gasteiger partial charge in [-0.3, -0.25) is 9.69 Å². The van der Waals surface area contributed by atoms with Gasteiger partial charge in [0.25, 0.3) is 0 Å². The molecule has 0 unspecified atom stereocenters. The molecule has 1 aliphatic carbocycles. The number of amides is 1.